The number of nitro benzene ring substituents is 1. The number of carbonyl (C=O) groups excluding carboxylic acids is 1. The molecule has 9 heteroatoms. The molecule has 0 aliphatic carbocycles. The first kappa shape index (κ1) is 18.9. The smallest absolute Gasteiger partial charge is 0.311 e. The number of nitro groups is 1. The Morgan fingerprint density at radius 3 is 2.74 bits per heavy atom. The van der Waals surface area contributed by atoms with Gasteiger partial charge in [0.15, 0.2) is 10.9 Å². The van der Waals surface area contributed by atoms with Gasteiger partial charge in [-0.1, -0.05) is 17.7 Å². The van der Waals surface area contributed by atoms with E-state index in [4.69, 9.17) is 16.3 Å². The molecule has 7 nitrogen and oxygen atoms in total. The fourth-order valence-corrected chi connectivity index (χ4v) is 3.49. The third kappa shape index (κ3) is 4.29. The van der Waals surface area contributed by atoms with Crippen LogP contribution >= 0.6 is 23.4 Å². The van der Waals surface area contributed by atoms with Crippen molar-refractivity contribution in [3.05, 3.63) is 67.6 Å². The molecule has 0 spiro atoms. The third-order valence-electron chi connectivity index (χ3n) is 3.73. The van der Waals surface area contributed by atoms with Gasteiger partial charge in [0.25, 0.3) is 5.91 Å². The van der Waals surface area contributed by atoms with E-state index in [1.807, 2.05) is 6.92 Å². The van der Waals surface area contributed by atoms with Crippen molar-refractivity contribution in [3.63, 3.8) is 0 Å². The minimum atomic E-state index is -0.529. The van der Waals surface area contributed by atoms with Crippen LogP contribution in [0.15, 0.2) is 46.3 Å². The average molecular weight is 404 g/mol. The van der Waals surface area contributed by atoms with Crippen LogP contribution in [0.2, 0.25) is 5.02 Å². The second-order valence-electron chi connectivity index (χ2n) is 5.60. The third-order valence-corrected chi connectivity index (χ3v) is 4.87. The maximum atomic E-state index is 12.2. The molecule has 138 valence electrons. The van der Waals surface area contributed by atoms with Crippen molar-refractivity contribution in [2.45, 2.75) is 6.92 Å². The minimum absolute atomic E-state index is 0.158. The van der Waals surface area contributed by atoms with Gasteiger partial charge in [0, 0.05) is 11.1 Å². The van der Waals surface area contributed by atoms with Gasteiger partial charge >= 0.3 is 5.69 Å². The van der Waals surface area contributed by atoms with E-state index in [2.05, 4.69) is 10.3 Å². The fourth-order valence-electron chi connectivity index (χ4n) is 2.43. The van der Waals surface area contributed by atoms with Crippen molar-refractivity contribution >= 4 is 51.9 Å². The first-order valence-electron chi connectivity index (χ1n) is 7.75. The van der Waals surface area contributed by atoms with Gasteiger partial charge in [-0.3, -0.25) is 14.9 Å². The van der Waals surface area contributed by atoms with Crippen LogP contribution in [-0.4, -0.2) is 23.1 Å². The number of hydrogen-bond acceptors (Lipinski definition) is 6. The van der Waals surface area contributed by atoms with Gasteiger partial charge in [-0.05, 0) is 60.2 Å². The van der Waals surface area contributed by atoms with Gasteiger partial charge in [-0.2, -0.15) is 0 Å². The highest BCUT2D eigenvalue weighted by molar-refractivity contribution is 8.18. The van der Waals surface area contributed by atoms with Gasteiger partial charge in [0.2, 0.25) is 0 Å². The van der Waals surface area contributed by atoms with E-state index < -0.39 is 4.92 Å². The Hall–Kier alpha value is -2.84. The Morgan fingerprint density at radius 2 is 2.07 bits per heavy atom. The molecule has 1 amide bonds. The Balaban J connectivity index is 1.88. The van der Waals surface area contributed by atoms with Crippen molar-refractivity contribution < 1.29 is 14.5 Å². The van der Waals surface area contributed by atoms with Crippen molar-refractivity contribution in [2.24, 2.45) is 4.99 Å². The van der Waals surface area contributed by atoms with E-state index in [1.165, 1.54) is 19.2 Å². The SMILES string of the molecule is COc1ccc(/C=C2\SC(=Nc3ccc(Cl)cc3C)NC2=O)cc1[N+](=O)[O-]. The minimum Gasteiger partial charge on any atom is -0.490 e. The summed E-state index contributed by atoms with van der Waals surface area (Å²) < 4.78 is 4.98. The monoisotopic (exact) mass is 403 g/mol. The lowest BCUT2D eigenvalue weighted by atomic mass is 10.1. The molecule has 1 saturated heterocycles. The molecule has 0 aromatic heterocycles. The van der Waals surface area contributed by atoms with Crippen LogP contribution in [0.4, 0.5) is 11.4 Å². The quantitative estimate of drug-likeness (QED) is 0.462. The van der Waals surface area contributed by atoms with Crippen LogP contribution in [0.25, 0.3) is 6.08 Å². The molecule has 2 aromatic carbocycles. The molecule has 1 heterocycles. The predicted molar refractivity (Wildman–Crippen MR) is 107 cm³/mol. The number of carbonyl (C=O) groups is 1. The molecule has 1 N–H and O–H groups in total. The molecule has 3 rings (SSSR count). The summed E-state index contributed by atoms with van der Waals surface area (Å²) in [5, 5.41) is 14.9. The number of aryl methyl sites for hydroxylation is 1. The van der Waals surface area contributed by atoms with Crippen LogP contribution in [0.1, 0.15) is 11.1 Å². The summed E-state index contributed by atoms with van der Waals surface area (Å²) in [7, 11) is 1.36. The molecular formula is C18H14ClN3O4S. The number of nitrogens with zero attached hydrogens (tertiary/aromatic N) is 2. The number of nitrogens with one attached hydrogen (secondary N) is 1. The summed E-state index contributed by atoms with van der Waals surface area (Å²) >= 11 is 7.10. The lowest BCUT2D eigenvalue weighted by Gasteiger charge is -2.02. The summed E-state index contributed by atoms with van der Waals surface area (Å²) in [6, 6.07) is 9.78. The zero-order chi connectivity index (χ0) is 19.6. The van der Waals surface area contributed by atoms with Crippen LogP contribution in [0.3, 0.4) is 0 Å². The van der Waals surface area contributed by atoms with E-state index in [1.54, 1.807) is 30.3 Å². The fraction of sp³-hybridized carbons (Fsp3) is 0.111. The normalized spacial score (nSPS) is 16.6. The zero-order valence-corrected chi connectivity index (χ0v) is 15.9. The number of benzene rings is 2. The number of thioether (sulfide) groups is 1. The van der Waals surface area contributed by atoms with Gasteiger partial charge in [-0.25, -0.2) is 4.99 Å². The topological polar surface area (TPSA) is 93.8 Å². The van der Waals surface area contributed by atoms with Crippen LogP contribution in [-0.2, 0) is 4.79 Å². The van der Waals surface area contributed by atoms with Crippen molar-refractivity contribution in [2.75, 3.05) is 7.11 Å². The number of amides is 1. The Bertz CT molecular complexity index is 1000. The number of methoxy groups -OCH3 is 1. The van der Waals surface area contributed by atoms with Gasteiger partial charge in [0.1, 0.15) is 0 Å². The molecular weight excluding hydrogens is 390 g/mol. The summed E-state index contributed by atoms with van der Waals surface area (Å²) in [5.74, 6) is -0.157. The van der Waals surface area contributed by atoms with E-state index >= 15 is 0 Å². The van der Waals surface area contributed by atoms with E-state index in [0.29, 0.717) is 26.3 Å². The second kappa shape index (κ2) is 7.81. The molecule has 0 bridgehead atoms. The highest BCUT2D eigenvalue weighted by Gasteiger charge is 2.24. The van der Waals surface area contributed by atoms with Crippen LogP contribution in [0.5, 0.6) is 5.75 Å². The van der Waals surface area contributed by atoms with E-state index in [0.717, 1.165) is 17.3 Å². The van der Waals surface area contributed by atoms with Gasteiger partial charge < -0.3 is 10.1 Å². The Labute approximate surface area is 164 Å². The predicted octanol–water partition coefficient (Wildman–Crippen LogP) is 4.46. The molecule has 1 aliphatic rings. The van der Waals surface area contributed by atoms with Crippen molar-refractivity contribution in [1.82, 2.24) is 5.32 Å². The number of aliphatic imine (C=N–C) groups is 1. The molecule has 0 unspecified atom stereocenters. The second-order valence-corrected chi connectivity index (χ2v) is 7.07. The summed E-state index contributed by atoms with van der Waals surface area (Å²) in [6.07, 6.45) is 1.57. The lowest BCUT2D eigenvalue weighted by Crippen LogP contribution is -2.19. The first-order valence-corrected chi connectivity index (χ1v) is 8.95. The Morgan fingerprint density at radius 1 is 1.30 bits per heavy atom. The first-order chi connectivity index (χ1) is 12.9. The maximum Gasteiger partial charge on any atom is 0.311 e. The number of amidine groups is 1. The molecule has 0 atom stereocenters. The largest absolute Gasteiger partial charge is 0.490 e. The highest BCUT2D eigenvalue weighted by atomic mass is 35.5. The van der Waals surface area contributed by atoms with Crippen molar-refractivity contribution in [1.29, 1.82) is 0 Å². The standard InChI is InChI=1S/C18H14ClN3O4S/c1-10-7-12(19)4-5-13(10)20-18-21-17(23)16(27-18)9-11-3-6-15(26-2)14(8-11)22(24)25/h3-9H,1-2H3,(H,20,21,23)/b16-9-. The highest BCUT2D eigenvalue weighted by Crippen LogP contribution is 2.32. The zero-order valence-electron chi connectivity index (χ0n) is 14.4. The van der Waals surface area contributed by atoms with Gasteiger partial charge in [-0.15, -0.1) is 0 Å². The lowest BCUT2D eigenvalue weighted by molar-refractivity contribution is -0.385. The summed E-state index contributed by atoms with van der Waals surface area (Å²) in [4.78, 5) is 27.6. The number of hydrogen-bond donors (Lipinski definition) is 1. The number of halogens is 1. The number of rotatable bonds is 4. The van der Waals surface area contributed by atoms with Crippen molar-refractivity contribution in [3.8, 4) is 5.75 Å². The van der Waals surface area contributed by atoms with Gasteiger partial charge in [0.05, 0.1) is 22.6 Å². The average Bonchev–Trinajstić information content (AvgIpc) is 2.96. The summed E-state index contributed by atoms with van der Waals surface area (Å²) in [6.45, 7) is 1.87. The van der Waals surface area contributed by atoms with Crippen LogP contribution in [0, 0.1) is 17.0 Å². The molecule has 1 aliphatic heterocycles. The Kier molecular flexibility index (Phi) is 5.48. The summed E-state index contributed by atoms with van der Waals surface area (Å²) in [5.41, 5.74) is 1.93. The molecule has 2 aromatic rings. The van der Waals surface area contributed by atoms with Crippen LogP contribution < -0.4 is 10.1 Å². The molecule has 0 saturated carbocycles. The molecule has 27 heavy (non-hydrogen) atoms. The maximum absolute atomic E-state index is 12.2. The number of ether oxygens (including phenoxy) is 1. The van der Waals surface area contributed by atoms with E-state index in [-0.39, 0.29) is 17.3 Å². The molecule has 1 fully saturated rings. The van der Waals surface area contributed by atoms with E-state index in [9.17, 15) is 14.9 Å². The molecule has 0 radical (unpaired) electrons.